The first-order valence-corrected chi connectivity index (χ1v) is 4.69. The molecule has 1 aliphatic carbocycles. The standard InChI is InChI=1S/C9H18N2O2/c1-11(2)8(6-4-3-5-6)7(10)9(12)13/h6-8H,3-5,10H2,1-2H3,(H,12,13). The molecule has 76 valence electrons. The lowest BCUT2D eigenvalue weighted by Crippen LogP contribution is -2.54. The van der Waals surface area contributed by atoms with Crippen molar-refractivity contribution in [3.63, 3.8) is 0 Å². The number of nitrogens with two attached hydrogens (primary N) is 1. The van der Waals surface area contributed by atoms with Crippen molar-refractivity contribution < 1.29 is 9.90 Å². The fourth-order valence-electron chi connectivity index (χ4n) is 1.96. The normalized spacial score (nSPS) is 22.5. The van der Waals surface area contributed by atoms with E-state index in [0.717, 1.165) is 12.8 Å². The van der Waals surface area contributed by atoms with Crippen molar-refractivity contribution in [3.8, 4) is 0 Å². The maximum absolute atomic E-state index is 10.7. The lowest BCUT2D eigenvalue weighted by atomic mass is 9.76. The van der Waals surface area contributed by atoms with Crippen molar-refractivity contribution in [1.29, 1.82) is 0 Å². The number of carbonyl (C=O) groups is 1. The van der Waals surface area contributed by atoms with Crippen LogP contribution in [0.4, 0.5) is 0 Å². The van der Waals surface area contributed by atoms with Crippen molar-refractivity contribution in [3.05, 3.63) is 0 Å². The van der Waals surface area contributed by atoms with Crippen LogP contribution in [0.15, 0.2) is 0 Å². The number of likely N-dealkylation sites (N-methyl/N-ethyl adjacent to an activating group) is 1. The Hall–Kier alpha value is -0.610. The SMILES string of the molecule is CN(C)C(C1CCC1)C(N)C(=O)O. The number of hydrogen-bond donors (Lipinski definition) is 2. The van der Waals surface area contributed by atoms with Gasteiger partial charge in [0.15, 0.2) is 0 Å². The molecule has 3 N–H and O–H groups in total. The number of hydrogen-bond acceptors (Lipinski definition) is 3. The average molecular weight is 186 g/mol. The molecule has 0 amide bonds. The zero-order valence-corrected chi connectivity index (χ0v) is 8.23. The van der Waals surface area contributed by atoms with Crippen molar-refractivity contribution in [2.45, 2.75) is 31.3 Å². The molecule has 0 aliphatic heterocycles. The van der Waals surface area contributed by atoms with Crippen molar-refractivity contribution in [2.75, 3.05) is 14.1 Å². The van der Waals surface area contributed by atoms with Crippen LogP contribution in [0, 0.1) is 5.92 Å². The van der Waals surface area contributed by atoms with E-state index in [-0.39, 0.29) is 6.04 Å². The summed E-state index contributed by atoms with van der Waals surface area (Å²) in [5.74, 6) is -0.424. The van der Waals surface area contributed by atoms with Crippen LogP contribution in [0.3, 0.4) is 0 Å². The van der Waals surface area contributed by atoms with E-state index in [4.69, 9.17) is 10.8 Å². The van der Waals surface area contributed by atoms with Gasteiger partial charge in [0.05, 0.1) is 0 Å². The molecule has 1 aliphatic rings. The highest BCUT2D eigenvalue weighted by Gasteiger charge is 2.36. The van der Waals surface area contributed by atoms with Gasteiger partial charge < -0.3 is 15.7 Å². The monoisotopic (exact) mass is 186 g/mol. The molecular weight excluding hydrogens is 168 g/mol. The zero-order chi connectivity index (χ0) is 10.0. The predicted molar refractivity (Wildman–Crippen MR) is 50.4 cm³/mol. The second-order valence-electron chi connectivity index (χ2n) is 4.01. The molecule has 0 aromatic rings. The van der Waals surface area contributed by atoms with Crippen molar-refractivity contribution in [2.24, 2.45) is 11.7 Å². The summed E-state index contributed by atoms with van der Waals surface area (Å²) in [7, 11) is 3.79. The molecule has 0 aromatic carbocycles. The largest absolute Gasteiger partial charge is 0.480 e. The third kappa shape index (κ3) is 2.19. The molecule has 0 heterocycles. The van der Waals surface area contributed by atoms with Crippen molar-refractivity contribution in [1.82, 2.24) is 4.90 Å². The van der Waals surface area contributed by atoms with Gasteiger partial charge in [0, 0.05) is 6.04 Å². The van der Waals surface area contributed by atoms with Crippen LogP contribution < -0.4 is 5.73 Å². The summed E-state index contributed by atoms with van der Waals surface area (Å²) in [6, 6.07) is -0.758. The first-order valence-electron chi connectivity index (χ1n) is 4.69. The molecule has 4 nitrogen and oxygen atoms in total. The van der Waals surface area contributed by atoms with Crippen LogP contribution in [-0.4, -0.2) is 42.2 Å². The van der Waals surface area contributed by atoms with Gasteiger partial charge in [-0.25, -0.2) is 0 Å². The Morgan fingerprint density at radius 1 is 1.54 bits per heavy atom. The smallest absolute Gasteiger partial charge is 0.322 e. The first-order chi connectivity index (χ1) is 6.04. The second kappa shape index (κ2) is 4.07. The molecule has 0 saturated heterocycles. The lowest BCUT2D eigenvalue weighted by Gasteiger charge is -2.39. The molecule has 13 heavy (non-hydrogen) atoms. The number of carboxylic acid groups (broad SMARTS) is 1. The number of carboxylic acids is 1. The van der Waals surface area contributed by atoms with E-state index in [1.54, 1.807) is 0 Å². The number of aliphatic carboxylic acids is 1. The maximum Gasteiger partial charge on any atom is 0.322 e. The van der Waals surface area contributed by atoms with E-state index in [9.17, 15) is 4.79 Å². The second-order valence-corrected chi connectivity index (χ2v) is 4.01. The van der Waals surface area contributed by atoms with Gasteiger partial charge in [-0.15, -0.1) is 0 Å². The Kier molecular flexibility index (Phi) is 3.27. The maximum atomic E-state index is 10.7. The number of nitrogens with zero attached hydrogens (tertiary/aromatic N) is 1. The molecular formula is C9H18N2O2. The summed E-state index contributed by atoms with van der Waals surface area (Å²) in [6.45, 7) is 0. The molecule has 1 rings (SSSR count). The van der Waals surface area contributed by atoms with Crippen LogP contribution in [0.5, 0.6) is 0 Å². The Bertz CT molecular complexity index is 190. The summed E-state index contributed by atoms with van der Waals surface area (Å²) in [5, 5.41) is 8.82. The minimum absolute atomic E-state index is 0.00810. The quantitative estimate of drug-likeness (QED) is 0.655. The summed E-state index contributed by atoms with van der Waals surface area (Å²) >= 11 is 0. The third-order valence-electron chi connectivity index (χ3n) is 2.88. The molecule has 0 radical (unpaired) electrons. The van der Waals surface area contributed by atoms with Crippen molar-refractivity contribution >= 4 is 5.97 Å². The summed E-state index contributed by atoms with van der Waals surface area (Å²) in [6.07, 6.45) is 3.44. The van der Waals surface area contributed by atoms with Crippen LogP contribution in [-0.2, 0) is 4.79 Å². The highest BCUT2D eigenvalue weighted by molar-refractivity contribution is 5.74. The van der Waals surface area contributed by atoms with E-state index in [2.05, 4.69) is 0 Å². The summed E-state index contributed by atoms with van der Waals surface area (Å²) in [5.41, 5.74) is 5.63. The molecule has 2 atom stereocenters. The zero-order valence-electron chi connectivity index (χ0n) is 8.23. The van der Waals surface area contributed by atoms with Gasteiger partial charge in [-0.05, 0) is 32.9 Å². The highest BCUT2D eigenvalue weighted by Crippen LogP contribution is 2.32. The van der Waals surface area contributed by atoms with E-state index in [0.29, 0.717) is 5.92 Å². The van der Waals surface area contributed by atoms with E-state index in [1.165, 1.54) is 6.42 Å². The first kappa shape index (κ1) is 10.5. The molecule has 4 heteroatoms. The van der Waals surface area contributed by atoms with E-state index < -0.39 is 12.0 Å². The Balaban J connectivity index is 2.60. The van der Waals surface area contributed by atoms with Gasteiger partial charge in [-0.1, -0.05) is 6.42 Å². The lowest BCUT2D eigenvalue weighted by molar-refractivity contribution is -0.141. The van der Waals surface area contributed by atoms with E-state index in [1.807, 2.05) is 19.0 Å². The van der Waals surface area contributed by atoms with Crippen LogP contribution in [0.2, 0.25) is 0 Å². The molecule has 0 spiro atoms. The van der Waals surface area contributed by atoms with Gasteiger partial charge >= 0.3 is 5.97 Å². The predicted octanol–water partition coefficient (Wildman–Crippen LogP) is 0.129. The molecule has 1 saturated carbocycles. The number of rotatable bonds is 4. The van der Waals surface area contributed by atoms with Crippen LogP contribution >= 0.6 is 0 Å². The fourth-order valence-corrected chi connectivity index (χ4v) is 1.96. The van der Waals surface area contributed by atoms with Gasteiger partial charge in [0.1, 0.15) is 6.04 Å². The third-order valence-corrected chi connectivity index (χ3v) is 2.88. The summed E-state index contributed by atoms with van der Waals surface area (Å²) < 4.78 is 0. The fraction of sp³-hybridized carbons (Fsp3) is 0.889. The van der Waals surface area contributed by atoms with Gasteiger partial charge in [-0.3, -0.25) is 4.79 Å². The molecule has 2 unspecified atom stereocenters. The Morgan fingerprint density at radius 2 is 2.08 bits per heavy atom. The molecule has 1 fully saturated rings. The Labute approximate surface area is 78.7 Å². The topological polar surface area (TPSA) is 66.6 Å². The van der Waals surface area contributed by atoms with E-state index >= 15 is 0 Å². The van der Waals surface area contributed by atoms with Gasteiger partial charge in [-0.2, -0.15) is 0 Å². The molecule has 0 bridgehead atoms. The minimum atomic E-state index is -0.898. The Morgan fingerprint density at radius 3 is 2.31 bits per heavy atom. The van der Waals surface area contributed by atoms with Crippen LogP contribution in [0.1, 0.15) is 19.3 Å². The molecule has 0 aromatic heterocycles. The summed E-state index contributed by atoms with van der Waals surface area (Å²) in [4.78, 5) is 12.7. The van der Waals surface area contributed by atoms with Crippen LogP contribution in [0.25, 0.3) is 0 Å². The minimum Gasteiger partial charge on any atom is -0.480 e. The highest BCUT2D eigenvalue weighted by atomic mass is 16.4. The van der Waals surface area contributed by atoms with Gasteiger partial charge in [0.2, 0.25) is 0 Å². The van der Waals surface area contributed by atoms with Gasteiger partial charge in [0.25, 0.3) is 0 Å². The average Bonchev–Trinajstić information content (AvgIpc) is 1.94.